The normalized spacial score (nSPS) is 16.2. The van der Waals surface area contributed by atoms with Gasteiger partial charge >= 0.3 is 0 Å². The Balaban J connectivity index is 1.55. The Labute approximate surface area is 127 Å². The van der Waals surface area contributed by atoms with E-state index in [1.165, 1.54) is 5.56 Å². The first-order valence-corrected chi connectivity index (χ1v) is 7.90. The number of ether oxygens (including phenoxy) is 1. The lowest BCUT2D eigenvalue weighted by Crippen LogP contribution is -2.31. The lowest BCUT2D eigenvalue weighted by atomic mass is 10.0. The smallest absolute Gasteiger partial charge is 0.243 e. The van der Waals surface area contributed by atoms with Crippen molar-refractivity contribution in [1.29, 1.82) is 0 Å². The van der Waals surface area contributed by atoms with Gasteiger partial charge in [-0.1, -0.05) is 36.4 Å². The fraction of sp³-hybridized carbons (Fsp3) is 0.500. The molecule has 1 aliphatic rings. The van der Waals surface area contributed by atoms with Crippen molar-refractivity contribution >= 4 is 5.91 Å². The van der Waals surface area contributed by atoms with Gasteiger partial charge in [0.1, 0.15) is 0 Å². The molecule has 3 nitrogen and oxygen atoms in total. The highest BCUT2D eigenvalue weighted by atomic mass is 16.5. The van der Waals surface area contributed by atoms with Crippen molar-refractivity contribution in [3.63, 3.8) is 0 Å². The van der Waals surface area contributed by atoms with Gasteiger partial charge in [0.05, 0.1) is 0 Å². The van der Waals surface area contributed by atoms with E-state index in [9.17, 15) is 4.79 Å². The van der Waals surface area contributed by atoms with E-state index in [0.717, 1.165) is 51.9 Å². The summed E-state index contributed by atoms with van der Waals surface area (Å²) in [6, 6.07) is 10.4. The van der Waals surface area contributed by atoms with Crippen LogP contribution in [0.5, 0.6) is 0 Å². The minimum absolute atomic E-state index is 0.0289. The number of amides is 1. The van der Waals surface area contributed by atoms with Gasteiger partial charge in [0.15, 0.2) is 0 Å². The number of allylic oxidation sites excluding steroid dienone is 1. The van der Waals surface area contributed by atoms with Gasteiger partial charge in [-0.05, 0) is 49.7 Å². The lowest BCUT2D eigenvalue weighted by Gasteiger charge is -2.21. The van der Waals surface area contributed by atoms with Crippen LogP contribution in [0.15, 0.2) is 42.5 Å². The van der Waals surface area contributed by atoms with Crippen LogP contribution in [0.2, 0.25) is 0 Å². The molecule has 2 rings (SSSR count). The van der Waals surface area contributed by atoms with Crippen LogP contribution in [0, 0.1) is 5.92 Å². The highest BCUT2D eigenvalue weighted by Crippen LogP contribution is 2.13. The van der Waals surface area contributed by atoms with Gasteiger partial charge < -0.3 is 10.1 Å². The van der Waals surface area contributed by atoms with Crippen LogP contribution in [0.1, 0.15) is 31.2 Å². The van der Waals surface area contributed by atoms with E-state index in [-0.39, 0.29) is 5.91 Å². The second-order valence-corrected chi connectivity index (χ2v) is 5.58. The van der Waals surface area contributed by atoms with Gasteiger partial charge in [-0.25, -0.2) is 0 Å². The average Bonchev–Trinajstić information content (AvgIpc) is 2.54. The van der Waals surface area contributed by atoms with Crippen LogP contribution in [0.3, 0.4) is 0 Å². The molecule has 21 heavy (non-hydrogen) atoms. The fourth-order valence-electron chi connectivity index (χ4n) is 2.51. The molecule has 1 heterocycles. The molecule has 0 bridgehead atoms. The second-order valence-electron chi connectivity index (χ2n) is 5.58. The van der Waals surface area contributed by atoms with Gasteiger partial charge in [-0.15, -0.1) is 0 Å². The van der Waals surface area contributed by atoms with Gasteiger partial charge in [-0.2, -0.15) is 0 Å². The highest BCUT2D eigenvalue weighted by Gasteiger charge is 2.13. The van der Waals surface area contributed by atoms with Crippen molar-refractivity contribution in [3.8, 4) is 0 Å². The number of hydrogen-bond donors (Lipinski definition) is 1. The predicted molar refractivity (Wildman–Crippen MR) is 85.1 cm³/mol. The Hall–Kier alpha value is -1.61. The molecule has 114 valence electrons. The van der Waals surface area contributed by atoms with Crippen molar-refractivity contribution in [2.24, 2.45) is 5.92 Å². The number of carbonyl (C=O) groups is 1. The van der Waals surface area contributed by atoms with Crippen molar-refractivity contribution in [2.45, 2.75) is 32.1 Å². The number of aryl methyl sites for hydroxylation is 1. The molecule has 1 amide bonds. The fourth-order valence-corrected chi connectivity index (χ4v) is 2.51. The molecule has 1 saturated heterocycles. The summed E-state index contributed by atoms with van der Waals surface area (Å²) in [5.74, 6) is 0.607. The summed E-state index contributed by atoms with van der Waals surface area (Å²) in [7, 11) is 0. The monoisotopic (exact) mass is 287 g/mol. The van der Waals surface area contributed by atoms with E-state index in [1.54, 1.807) is 6.08 Å². The zero-order valence-electron chi connectivity index (χ0n) is 12.6. The summed E-state index contributed by atoms with van der Waals surface area (Å²) in [5.41, 5.74) is 1.36. The summed E-state index contributed by atoms with van der Waals surface area (Å²) in [6.45, 7) is 2.43. The summed E-state index contributed by atoms with van der Waals surface area (Å²) in [5, 5.41) is 2.98. The van der Waals surface area contributed by atoms with Gasteiger partial charge in [0, 0.05) is 19.8 Å². The maximum atomic E-state index is 11.7. The molecule has 1 N–H and O–H groups in total. The first-order valence-electron chi connectivity index (χ1n) is 7.90. The number of carbonyl (C=O) groups excluding carboxylic acids is 1. The Morgan fingerprint density at radius 1 is 1.24 bits per heavy atom. The second kappa shape index (κ2) is 9.35. The van der Waals surface area contributed by atoms with E-state index in [4.69, 9.17) is 4.74 Å². The Morgan fingerprint density at radius 3 is 2.76 bits per heavy atom. The molecular formula is C18H25NO2. The van der Waals surface area contributed by atoms with Crippen LogP contribution >= 0.6 is 0 Å². The van der Waals surface area contributed by atoms with Crippen molar-refractivity contribution in [3.05, 3.63) is 48.0 Å². The third-order valence-corrected chi connectivity index (χ3v) is 3.85. The largest absolute Gasteiger partial charge is 0.381 e. The number of rotatable bonds is 7. The maximum Gasteiger partial charge on any atom is 0.243 e. The number of unbranched alkanes of at least 4 members (excludes halogenated alkanes) is 1. The molecule has 0 aliphatic carbocycles. The molecule has 0 aromatic heterocycles. The van der Waals surface area contributed by atoms with E-state index >= 15 is 0 Å². The molecule has 0 radical (unpaired) electrons. The zero-order chi connectivity index (χ0) is 14.8. The van der Waals surface area contributed by atoms with Crippen molar-refractivity contribution in [1.82, 2.24) is 5.32 Å². The molecular weight excluding hydrogens is 262 g/mol. The van der Waals surface area contributed by atoms with Gasteiger partial charge in [-0.3, -0.25) is 4.79 Å². The number of nitrogens with one attached hydrogen (secondary N) is 1. The van der Waals surface area contributed by atoms with Crippen LogP contribution < -0.4 is 5.32 Å². The minimum atomic E-state index is 0.0289. The number of hydrogen-bond acceptors (Lipinski definition) is 2. The van der Waals surface area contributed by atoms with Gasteiger partial charge in [0.25, 0.3) is 0 Å². The van der Waals surface area contributed by atoms with Crippen LogP contribution in [0.25, 0.3) is 0 Å². The van der Waals surface area contributed by atoms with E-state index in [0.29, 0.717) is 5.92 Å². The van der Waals surface area contributed by atoms with Crippen LogP contribution in [-0.2, 0) is 16.0 Å². The quantitative estimate of drug-likeness (QED) is 0.618. The van der Waals surface area contributed by atoms with Crippen molar-refractivity contribution < 1.29 is 9.53 Å². The van der Waals surface area contributed by atoms with Crippen molar-refractivity contribution in [2.75, 3.05) is 19.8 Å². The summed E-state index contributed by atoms with van der Waals surface area (Å²) in [6.07, 6.45) is 8.84. The summed E-state index contributed by atoms with van der Waals surface area (Å²) < 4.78 is 5.31. The zero-order valence-corrected chi connectivity index (χ0v) is 12.6. The average molecular weight is 287 g/mol. The summed E-state index contributed by atoms with van der Waals surface area (Å²) >= 11 is 0. The predicted octanol–water partition coefficient (Wildman–Crippen LogP) is 3.11. The molecule has 0 saturated carbocycles. The molecule has 1 aromatic rings. The first kappa shape index (κ1) is 15.8. The maximum absolute atomic E-state index is 11.7. The highest BCUT2D eigenvalue weighted by molar-refractivity contribution is 5.87. The van der Waals surface area contributed by atoms with E-state index < -0.39 is 0 Å². The Bertz CT molecular complexity index is 436. The van der Waals surface area contributed by atoms with Gasteiger partial charge in [0.2, 0.25) is 5.91 Å². The first-order chi connectivity index (χ1) is 10.3. The molecule has 1 aliphatic heterocycles. The molecule has 3 heteroatoms. The molecule has 1 fully saturated rings. The van der Waals surface area contributed by atoms with Crippen LogP contribution in [0.4, 0.5) is 0 Å². The lowest BCUT2D eigenvalue weighted by molar-refractivity contribution is -0.116. The number of benzene rings is 1. The third kappa shape index (κ3) is 6.58. The summed E-state index contributed by atoms with van der Waals surface area (Å²) in [4.78, 5) is 11.7. The molecule has 0 atom stereocenters. The molecule has 0 unspecified atom stereocenters. The Morgan fingerprint density at radius 2 is 2.00 bits per heavy atom. The standard InChI is InChI=1S/C18H25NO2/c20-18(19-15-17-11-13-21-14-12-17)10-6-2-5-9-16-7-3-1-4-8-16/h1,3-4,6-8,10,17H,2,5,9,11-15H2,(H,19,20). The topological polar surface area (TPSA) is 38.3 Å². The third-order valence-electron chi connectivity index (χ3n) is 3.85. The Kier molecular flexibility index (Phi) is 7.02. The van der Waals surface area contributed by atoms with E-state index in [1.807, 2.05) is 12.1 Å². The SMILES string of the molecule is O=C(C=CCCCc1ccccc1)NCC1CCOCC1. The minimum Gasteiger partial charge on any atom is -0.381 e. The molecule has 1 aromatic carbocycles. The molecule has 0 spiro atoms. The van der Waals surface area contributed by atoms with Crippen LogP contribution in [-0.4, -0.2) is 25.7 Å². The van der Waals surface area contributed by atoms with E-state index in [2.05, 4.69) is 29.6 Å².